The molecule has 0 aromatic carbocycles. The van der Waals surface area contributed by atoms with Crippen LogP contribution in [0.3, 0.4) is 0 Å². The van der Waals surface area contributed by atoms with E-state index >= 15 is 0 Å². The summed E-state index contributed by atoms with van der Waals surface area (Å²) in [5.41, 5.74) is 0. The third-order valence-corrected chi connectivity index (χ3v) is 3.16. The number of aromatic nitrogens is 1. The molecule has 6 heteroatoms. The Morgan fingerprint density at radius 2 is 2.50 bits per heavy atom. The van der Waals surface area contributed by atoms with Crippen LogP contribution in [0.15, 0.2) is 22.8 Å². The summed E-state index contributed by atoms with van der Waals surface area (Å²) in [6.07, 6.45) is 1.85. The Balaban J connectivity index is 1.83. The van der Waals surface area contributed by atoms with Gasteiger partial charge in [0.05, 0.1) is 19.3 Å². The molecular formula is C12H16BrN3O2. The maximum absolute atomic E-state index is 11.8. The van der Waals surface area contributed by atoms with Gasteiger partial charge in [-0.15, -0.1) is 0 Å². The molecule has 0 unspecified atom stereocenters. The number of nitrogens with zero attached hydrogens (tertiary/aromatic N) is 2. The molecule has 2 heterocycles. The van der Waals surface area contributed by atoms with Crippen LogP contribution >= 0.6 is 15.9 Å². The molecule has 1 aliphatic rings. The van der Waals surface area contributed by atoms with E-state index in [1.165, 1.54) is 0 Å². The van der Waals surface area contributed by atoms with Crippen molar-refractivity contribution in [3.63, 3.8) is 0 Å². The molecule has 0 spiro atoms. The van der Waals surface area contributed by atoms with Gasteiger partial charge in [-0.05, 0) is 35.0 Å². The number of carbonyl (C=O) groups excluding carboxylic acids is 1. The Morgan fingerprint density at radius 3 is 3.17 bits per heavy atom. The highest BCUT2D eigenvalue weighted by Crippen LogP contribution is 2.10. The average Bonchev–Trinajstić information content (AvgIpc) is 2.32. The molecule has 0 radical (unpaired) electrons. The fourth-order valence-electron chi connectivity index (χ4n) is 1.87. The molecule has 1 amide bonds. The van der Waals surface area contributed by atoms with Gasteiger partial charge in [-0.3, -0.25) is 9.69 Å². The molecule has 1 fully saturated rings. The quantitative estimate of drug-likeness (QED) is 0.919. The predicted molar refractivity (Wildman–Crippen MR) is 72.4 cm³/mol. The van der Waals surface area contributed by atoms with Crippen molar-refractivity contribution < 1.29 is 9.53 Å². The van der Waals surface area contributed by atoms with Crippen LogP contribution in [0.5, 0.6) is 0 Å². The molecule has 1 N–H and O–H groups in total. The molecule has 0 bridgehead atoms. The number of ether oxygens (including phenoxy) is 1. The summed E-state index contributed by atoms with van der Waals surface area (Å²) >= 11 is 3.30. The van der Waals surface area contributed by atoms with Gasteiger partial charge in [0.15, 0.2) is 0 Å². The molecular weight excluding hydrogens is 298 g/mol. The zero-order valence-electron chi connectivity index (χ0n) is 10.2. The van der Waals surface area contributed by atoms with Gasteiger partial charge < -0.3 is 10.1 Å². The van der Waals surface area contributed by atoms with Crippen molar-refractivity contribution in [2.24, 2.45) is 0 Å². The van der Waals surface area contributed by atoms with Crippen LogP contribution in [-0.4, -0.2) is 48.1 Å². The molecule has 1 aromatic rings. The van der Waals surface area contributed by atoms with E-state index in [1.807, 2.05) is 13.0 Å². The SMILES string of the molecule is C[C@@H]1CN(CC(=O)Nc2ccc(Br)cn2)CCO1. The van der Waals surface area contributed by atoms with Crippen LogP contribution in [-0.2, 0) is 9.53 Å². The van der Waals surface area contributed by atoms with Crippen molar-refractivity contribution in [2.75, 3.05) is 31.6 Å². The third kappa shape index (κ3) is 4.04. The number of amides is 1. The van der Waals surface area contributed by atoms with Crippen molar-refractivity contribution in [1.29, 1.82) is 0 Å². The smallest absolute Gasteiger partial charge is 0.239 e. The minimum atomic E-state index is -0.0427. The molecule has 0 saturated carbocycles. The van der Waals surface area contributed by atoms with Crippen LogP contribution in [0.1, 0.15) is 6.92 Å². The molecule has 1 aliphatic heterocycles. The first kappa shape index (κ1) is 13.5. The van der Waals surface area contributed by atoms with Gasteiger partial charge in [0.25, 0.3) is 0 Å². The standard InChI is InChI=1S/C12H16BrN3O2/c1-9-7-16(4-5-18-9)8-12(17)15-11-3-2-10(13)6-14-11/h2-3,6,9H,4-5,7-8H2,1H3,(H,14,15,17)/t9-/m1/s1. The molecule has 1 aromatic heterocycles. The number of hydrogen-bond acceptors (Lipinski definition) is 4. The van der Waals surface area contributed by atoms with Gasteiger partial charge in [-0.25, -0.2) is 4.98 Å². The van der Waals surface area contributed by atoms with Gasteiger partial charge in [-0.2, -0.15) is 0 Å². The molecule has 98 valence electrons. The summed E-state index contributed by atoms with van der Waals surface area (Å²) in [6, 6.07) is 3.61. The number of carbonyl (C=O) groups is 1. The highest BCUT2D eigenvalue weighted by Gasteiger charge is 2.18. The molecule has 18 heavy (non-hydrogen) atoms. The number of hydrogen-bond donors (Lipinski definition) is 1. The molecule has 5 nitrogen and oxygen atoms in total. The van der Waals surface area contributed by atoms with Crippen LogP contribution in [0.2, 0.25) is 0 Å². The predicted octanol–water partition coefficient (Wildman–Crippen LogP) is 1.50. The van der Waals surface area contributed by atoms with E-state index in [1.54, 1.807) is 12.3 Å². The van der Waals surface area contributed by atoms with E-state index in [0.29, 0.717) is 19.0 Å². The number of nitrogens with one attached hydrogen (secondary N) is 1. The maximum Gasteiger partial charge on any atom is 0.239 e. The second-order valence-corrected chi connectivity index (χ2v) is 5.24. The molecule has 1 saturated heterocycles. The van der Waals surface area contributed by atoms with Gasteiger partial charge in [-0.1, -0.05) is 0 Å². The van der Waals surface area contributed by atoms with Crippen molar-refractivity contribution in [3.05, 3.63) is 22.8 Å². The minimum absolute atomic E-state index is 0.0427. The summed E-state index contributed by atoms with van der Waals surface area (Å²) in [5.74, 6) is 0.531. The average molecular weight is 314 g/mol. The number of morpholine rings is 1. The Bertz CT molecular complexity index is 410. The molecule has 2 rings (SSSR count). The van der Waals surface area contributed by atoms with E-state index < -0.39 is 0 Å². The van der Waals surface area contributed by atoms with Crippen LogP contribution in [0.4, 0.5) is 5.82 Å². The van der Waals surface area contributed by atoms with E-state index in [9.17, 15) is 4.79 Å². The second-order valence-electron chi connectivity index (χ2n) is 4.33. The van der Waals surface area contributed by atoms with E-state index in [4.69, 9.17) is 4.74 Å². The van der Waals surface area contributed by atoms with Crippen molar-refractivity contribution in [2.45, 2.75) is 13.0 Å². The lowest BCUT2D eigenvalue weighted by atomic mass is 10.3. The Hall–Kier alpha value is -0.980. The first-order valence-corrected chi connectivity index (χ1v) is 6.68. The fraction of sp³-hybridized carbons (Fsp3) is 0.500. The van der Waals surface area contributed by atoms with Crippen molar-refractivity contribution in [3.8, 4) is 0 Å². The monoisotopic (exact) mass is 313 g/mol. The largest absolute Gasteiger partial charge is 0.376 e. The number of rotatable bonds is 3. The van der Waals surface area contributed by atoms with Crippen LogP contribution in [0.25, 0.3) is 0 Å². The maximum atomic E-state index is 11.8. The van der Waals surface area contributed by atoms with Gasteiger partial charge >= 0.3 is 0 Å². The van der Waals surface area contributed by atoms with Crippen molar-refractivity contribution in [1.82, 2.24) is 9.88 Å². The van der Waals surface area contributed by atoms with E-state index in [0.717, 1.165) is 17.6 Å². The van der Waals surface area contributed by atoms with E-state index in [-0.39, 0.29) is 12.0 Å². The number of pyridine rings is 1. The zero-order chi connectivity index (χ0) is 13.0. The molecule has 0 aliphatic carbocycles. The normalized spacial score (nSPS) is 20.7. The van der Waals surface area contributed by atoms with Crippen LogP contribution in [0, 0.1) is 0 Å². The zero-order valence-corrected chi connectivity index (χ0v) is 11.8. The van der Waals surface area contributed by atoms with E-state index in [2.05, 4.69) is 31.1 Å². The highest BCUT2D eigenvalue weighted by atomic mass is 79.9. The topological polar surface area (TPSA) is 54.5 Å². The number of anilines is 1. The van der Waals surface area contributed by atoms with Gasteiger partial charge in [0, 0.05) is 23.8 Å². The Morgan fingerprint density at radius 1 is 1.67 bits per heavy atom. The van der Waals surface area contributed by atoms with Gasteiger partial charge in [0.2, 0.25) is 5.91 Å². The Labute approximate surface area is 115 Å². The lowest BCUT2D eigenvalue weighted by Crippen LogP contribution is -2.44. The Kier molecular flexibility index (Phi) is 4.68. The fourth-order valence-corrected chi connectivity index (χ4v) is 2.10. The lowest BCUT2D eigenvalue weighted by molar-refractivity contribution is -0.119. The molecule has 1 atom stereocenters. The summed E-state index contributed by atoms with van der Waals surface area (Å²) in [5, 5.41) is 2.78. The summed E-state index contributed by atoms with van der Waals surface area (Å²) in [7, 11) is 0. The summed E-state index contributed by atoms with van der Waals surface area (Å²) in [4.78, 5) is 18.0. The van der Waals surface area contributed by atoms with Crippen LogP contribution < -0.4 is 5.32 Å². The first-order valence-electron chi connectivity index (χ1n) is 5.89. The minimum Gasteiger partial charge on any atom is -0.376 e. The highest BCUT2D eigenvalue weighted by molar-refractivity contribution is 9.10. The summed E-state index contributed by atoms with van der Waals surface area (Å²) in [6.45, 7) is 4.67. The van der Waals surface area contributed by atoms with Crippen molar-refractivity contribution >= 4 is 27.7 Å². The third-order valence-electron chi connectivity index (χ3n) is 2.69. The lowest BCUT2D eigenvalue weighted by Gasteiger charge is -2.30. The first-order chi connectivity index (χ1) is 8.63. The number of halogens is 1. The second kappa shape index (κ2) is 6.26. The van der Waals surface area contributed by atoms with Gasteiger partial charge in [0.1, 0.15) is 5.82 Å². The summed E-state index contributed by atoms with van der Waals surface area (Å²) < 4.78 is 6.32.